The van der Waals surface area contributed by atoms with E-state index < -0.39 is 5.60 Å². The first-order valence-electron chi connectivity index (χ1n) is 8.41. The second-order valence-electron chi connectivity index (χ2n) is 6.53. The van der Waals surface area contributed by atoms with Crippen LogP contribution in [0.25, 0.3) is 0 Å². The summed E-state index contributed by atoms with van der Waals surface area (Å²) in [4.78, 5) is 22.9. The Hall–Kier alpha value is -2.28. The molecule has 0 saturated carbocycles. The van der Waals surface area contributed by atoms with Crippen molar-refractivity contribution in [2.24, 2.45) is 0 Å². The Morgan fingerprint density at radius 1 is 1.08 bits per heavy atom. The van der Waals surface area contributed by atoms with Crippen LogP contribution in [0.2, 0.25) is 0 Å². The number of methoxy groups -OCH3 is 1. The molecule has 0 unspecified atom stereocenters. The molecule has 25 heavy (non-hydrogen) atoms. The third kappa shape index (κ3) is 9.56. The highest BCUT2D eigenvalue weighted by molar-refractivity contribution is 5.90. The van der Waals surface area contributed by atoms with Crippen LogP contribution in [-0.2, 0) is 9.47 Å². The smallest absolute Gasteiger partial charge is 0.407 e. The molecule has 0 aliphatic carbocycles. The van der Waals surface area contributed by atoms with Crippen molar-refractivity contribution in [1.29, 1.82) is 0 Å². The number of ether oxygens (including phenoxy) is 2. The van der Waals surface area contributed by atoms with Crippen molar-refractivity contribution >= 4 is 17.7 Å². The van der Waals surface area contributed by atoms with Gasteiger partial charge in [0, 0.05) is 25.3 Å². The SMILES string of the molecule is COC(=O)c1cccc(NCCNCCCNC(=O)OC(C)(C)C)c1. The van der Waals surface area contributed by atoms with E-state index in [4.69, 9.17) is 9.47 Å². The first-order valence-corrected chi connectivity index (χ1v) is 8.41. The molecule has 0 aliphatic rings. The minimum absolute atomic E-state index is 0.348. The Morgan fingerprint density at radius 2 is 1.84 bits per heavy atom. The summed E-state index contributed by atoms with van der Waals surface area (Å²) >= 11 is 0. The van der Waals surface area contributed by atoms with Crippen molar-refractivity contribution in [3.05, 3.63) is 29.8 Å². The van der Waals surface area contributed by atoms with Gasteiger partial charge in [-0.25, -0.2) is 9.59 Å². The fourth-order valence-electron chi connectivity index (χ4n) is 2.01. The van der Waals surface area contributed by atoms with E-state index in [0.29, 0.717) is 12.1 Å². The minimum Gasteiger partial charge on any atom is -0.465 e. The van der Waals surface area contributed by atoms with Crippen LogP contribution in [0.3, 0.4) is 0 Å². The van der Waals surface area contributed by atoms with Gasteiger partial charge in [-0.1, -0.05) is 6.07 Å². The number of anilines is 1. The average Bonchev–Trinajstić information content (AvgIpc) is 2.55. The number of nitrogens with one attached hydrogen (secondary N) is 3. The Balaban J connectivity index is 2.09. The zero-order valence-electron chi connectivity index (χ0n) is 15.5. The molecule has 0 heterocycles. The number of hydrogen-bond donors (Lipinski definition) is 3. The van der Waals surface area contributed by atoms with E-state index >= 15 is 0 Å². The first-order chi connectivity index (χ1) is 11.8. The quantitative estimate of drug-likeness (QED) is 0.468. The molecule has 0 aliphatic heterocycles. The molecule has 7 nitrogen and oxygen atoms in total. The van der Waals surface area contributed by atoms with E-state index in [1.165, 1.54) is 7.11 Å². The number of alkyl carbamates (subject to hydrolysis) is 1. The molecule has 0 radical (unpaired) electrons. The summed E-state index contributed by atoms with van der Waals surface area (Å²) in [6, 6.07) is 7.19. The lowest BCUT2D eigenvalue weighted by Gasteiger charge is -2.19. The standard InChI is InChI=1S/C18H29N3O4/c1-18(2,3)25-17(23)21-10-6-9-19-11-12-20-15-8-5-7-14(13-15)16(22)24-4/h5,7-8,13,19-20H,6,9-12H2,1-4H3,(H,21,23). The van der Waals surface area contributed by atoms with Crippen molar-refractivity contribution in [2.75, 3.05) is 38.6 Å². The lowest BCUT2D eigenvalue weighted by atomic mass is 10.2. The first kappa shape index (κ1) is 20.8. The molecule has 0 aromatic heterocycles. The summed E-state index contributed by atoms with van der Waals surface area (Å²) in [5, 5.41) is 9.24. The summed E-state index contributed by atoms with van der Waals surface area (Å²) in [5.41, 5.74) is 0.920. The Labute approximate surface area is 149 Å². The Bertz CT molecular complexity index is 555. The number of hydrogen-bond acceptors (Lipinski definition) is 6. The maximum absolute atomic E-state index is 11.5. The molecule has 0 spiro atoms. The Morgan fingerprint density at radius 3 is 2.52 bits per heavy atom. The monoisotopic (exact) mass is 351 g/mol. The maximum Gasteiger partial charge on any atom is 0.407 e. The van der Waals surface area contributed by atoms with E-state index in [2.05, 4.69) is 16.0 Å². The Kier molecular flexibility index (Phi) is 8.77. The van der Waals surface area contributed by atoms with E-state index in [1.807, 2.05) is 32.9 Å². The van der Waals surface area contributed by atoms with E-state index in [0.717, 1.165) is 31.7 Å². The van der Waals surface area contributed by atoms with Gasteiger partial charge in [0.25, 0.3) is 0 Å². The maximum atomic E-state index is 11.5. The fraction of sp³-hybridized carbons (Fsp3) is 0.556. The van der Waals surface area contributed by atoms with E-state index in [9.17, 15) is 9.59 Å². The van der Waals surface area contributed by atoms with Crippen LogP contribution in [0, 0.1) is 0 Å². The normalized spacial score (nSPS) is 10.9. The number of carbonyl (C=O) groups is 2. The molecule has 1 aromatic carbocycles. The number of benzene rings is 1. The zero-order chi connectivity index (χ0) is 18.7. The molecule has 0 bridgehead atoms. The van der Waals surface area contributed by atoms with Crippen LogP contribution >= 0.6 is 0 Å². The second kappa shape index (κ2) is 10.6. The molecule has 1 amide bonds. The highest BCUT2D eigenvalue weighted by atomic mass is 16.6. The van der Waals surface area contributed by atoms with Gasteiger partial charge in [-0.2, -0.15) is 0 Å². The predicted octanol–water partition coefficient (Wildman–Crippen LogP) is 2.39. The molecule has 0 fully saturated rings. The molecular formula is C18H29N3O4. The average molecular weight is 351 g/mol. The summed E-state index contributed by atoms with van der Waals surface area (Å²) < 4.78 is 9.85. The number of carbonyl (C=O) groups excluding carboxylic acids is 2. The number of amides is 1. The summed E-state index contributed by atoms with van der Waals surface area (Å²) in [6.07, 6.45) is 0.427. The van der Waals surface area contributed by atoms with Gasteiger partial charge >= 0.3 is 12.1 Å². The van der Waals surface area contributed by atoms with Crippen LogP contribution in [0.4, 0.5) is 10.5 Å². The fourth-order valence-corrected chi connectivity index (χ4v) is 2.01. The van der Waals surface area contributed by atoms with Crippen LogP contribution < -0.4 is 16.0 Å². The van der Waals surface area contributed by atoms with E-state index in [-0.39, 0.29) is 12.1 Å². The summed E-state index contributed by atoms with van der Waals surface area (Å²) in [5.74, 6) is -0.348. The van der Waals surface area contributed by atoms with Gasteiger partial charge in [-0.15, -0.1) is 0 Å². The number of esters is 1. The van der Waals surface area contributed by atoms with Crippen molar-refractivity contribution in [3.63, 3.8) is 0 Å². The van der Waals surface area contributed by atoms with Gasteiger partial charge in [-0.05, 0) is 51.9 Å². The highest BCUT2D eigenvalue weighted by Gasteiger charge is 2.15. The molecule has 0 atom stereocenters. The van der Waals surface area contributed by atoms with Crippen LogP contribution in [0.5, 0.6) is 0 Å². The lowest BCUT2D eigenvalue weighted by molar-refractivity contribution is 0.0526. The lowest BCUT2D eigenvalue weighted by Crippen LogP contribution is -2.34. The molecule has 7 heteroatoms. The van der Waals surface area contributed by atoms with Gasteiger partial charge in [0.1, 0.15) is 5.60 Å². The highest BCUT2D eigenvalue weighted by Crippen LogP contribution is 2.11. The molecule has 140 valence electrons. The summed E-state index contributed by atoms with van der Waals surface area (Å²) in [6.45, 7) is 8.36. The third-order valence-electron chi connectivity index (χ3n) is 3.11. The van der Waals surface area contributed by atoms with Crippen molar-refractivity contribution in [2.45, 2.75) is 32.8 Å². The minimum atomic E-state index is -0.473. The summed E-state index contributed by atoms with van der Waals surface area (Å²) in [7, 11) is 1.37. The van der Waals surface area contributed by atoms with Gasteiger partial charge in [0.15, 0.2) is 0 Å². The third-order valence-corrected chi connectivity index (χ3v) is 3.11. The van der Waals surface area contributed by atoms with Crippen molar-refractivity contribution in [1.82, 2.24) is 10.6 Å². The van der Waals surface area contributed by atoms with Gasteiger partial charge in [-0.3, -0.25) is 0 Å². The van der Waals surface area contributed by atoms with Crippen LogP contribution in [0.15, 0.2) is 24.3 Å². The van der Waals surface area contributed by atoms with Crippen LogP contribution in [0.1, 0.15) is 37.6 Å². The largest absolute Gasteiger partial charge is 0.465 e. The van der Waals surface area contributed by atoms with Crippen molar-refractivity contribution in [3.8, 4) is 0 Å². The van der Waals surface area contributed by atoms with Gasteiger partial charge in [0.05, 0.1) is 12.7 Å². The predicted molar refractivity (Wildman–Crippen MR) is 98.0 cm³/mol. The van der Waals surface area contributed by atoms with Gasteiger partial charge in [0.2, 0.25) is 0 Å². The van der Waals surface area contributed by atoms with Crippen molar-refractivity contribution < 1.29 is 19.1 Å². The molecule has 3 N–H and O–H groups in total. The zero-order valence-corrected chi connectivity index (χ0v) is 15.5. The van der Waals surface area contributed by atoms with Crippen LogP contribution in [-0.4, -0.2) is 51.0 Å². The van der Waals surface area contributed by atoms with Gasteiger partial charge < -0.3 is 25.4 Å². The second-order valence-corrected chi connectivity index (χ2v) is 6.53. The molecule has 1 aromatic rings. The molecular weight excluding hydrogens is 322 g/mol. The number of rotatable bonds is 9. The molecule has 0 saturated heterocycles. The topological polar surface area (TPSA) is 88.7 Å². The van der Waals surface area contributed by atoms with E-state index in [1.54, 1.807) is 12.1 Å². The molecule has 1 rings (SSSR count).